The molecule has 0 aliphatic rings. The maximum Gasteiger partial charge on any atom is 0.0464 e. The molecule has 0 spiro atoms. The van der Waals surface area contributed by atoms with Crippen molar-refractivity contribution < 1.29 is 0 Å². The highest BCUT2D eigenvalue weighted by Gasteiger charge is 2.00. The number of fused-ring (bicyclic) bond motifs is 3. The normalized spacial score (nSPS) is 9.08. The monoisotopic (exact) mass is 483 g/mol. The van der Waals surface area contributed by atoms with Gasteiger partial charge in [0.1, 0.15) is 0 Å². The number of aromatic amines is 1. The first-order valence-corrected chi connectivity index (χ1v) is 11.8. The molecule has 0 amide bonds. The number of nitrogens with one attached hydrogen (secondary N) is 1. The first-order chi connectivity index (χ1) is 18.4. The summed E-state index contributed by atoms with van der Waals surface area (Å²) in [6, 6.07) is 39.6. The first kappa shape index (κ1) is 26.4. The minimum absolute atomic E-state index is 1.21. The van der Waals surface area contributed by atoms with Gasteiger partial charge in [0.05, 0.1) is 0 Å². The third-order valence-corrected chi connectivity index (χ3v) is 4.68. The van der Waals surface area contributed by atoms with Crippen LogP contribution in [0.4, 0.5) is 0 Å². The molecule has 37 heavy (non-hydrogen) atoms. The van der Waals surface area contributed by atoms with Crippen LogP contribution in [0.1, 0.15) is 0 Å². The summed E-state index contributed by atoms with van der Waals surface area (Å²) in [5.74, 6) is 0. The Kier molecular flexibility index (Phi) is 12.4. The fourth-order valence-corrected chi connectivity index (χ4v) is 3.05. The van der Waals surface area contributed by atoms with Gasteiger partial charge in [0.2, 0.25) is 0 Å². The smallest absolute Gasteiger partial charge is 0.0464 e. The maximum absolute atomic E-state index is 3.78. The number of para-hydroxylation sites is 2. The quantitative estimate of drug-likeness (QED) is 0.241. The van der Waals surface area contributed by atoms with Gasteiger partial charge in [-0.1, -0.05) is 60.7 Å². The molecule has 0 fully saturated rings. The van der Waals surface area contributed by atoms with Crippen LogP contribution in [0.5, 0.6) is 0 Å². The molecule has 182 valence electrons. The Balaban J connectivity index is 0.000000136. The largest absolute Gasteiger partial charge is 0.355 e. The van der Waals surface area contributed by atoms with E-state index in [4.69, 9.17) is 0 Å². The van der Waals surface area contributed by atoms with Crippen molar-refractivity contribution in [1.29, 1.82) is 0 Å². The van der Waals surface area contributed by atoms with Crippen molar-refractivity contribution in [1.82, 2.24) is 24.9 Å². The predicted octanol–water partition coefficient (Wildman–Crippen LogP) is 7.65. The van der Waals surface area contributed by atoms with Gasteiger partial charge in [0, 0.05) is 71.4 Å². The van der Waals surface area contributed by atoms with Gasteiger partial charge in [0.25, 0.3) is 0 Å². The van der Waals surface area contributed by atoms with Crippen LogP contribution in [0.15, 0.2) is 171 Å². The highest BCUT2D eigenvalue weighted by Crippen LogP contribution is 2.24. The number of hydrogen-bond acceptors (Lipinski definition) is 4. The van der Waals surface area contributed by atoms with Crippen molar-refractivity contribution in [3.8, 4) is 0 Å². The zero-order valence-electron chi connectivity index (χ0n) is 20.5. The summed E-state index contributed by atoms with van der Waals surface area (Å²) in [5.41, 5.74) is 2.42. The molecule has 0 bridgehead atoms. The molecular formula is C32H29N5. The van der Waals surface area contributed by atoms with Gasteiger partial charge in [0.15, 0.2) is 0 Å². The van der Waals surface area contributed by atoms with E-state index in [1.54, 1.807) is 49.6 Å². The van der Waals surface area contributed by atoms with Crippen molar-refractivity contribution in [2.75, 3.05) is 0 Å². The van der Waals surface area contributed by atoms with E-state index < -0.39 is 0 Å². The average molecular weight is 484 g/mol. The second-order valence-corrected chi connectivity index (χ2v) is 7.31. The molecule has 1 N–H and O–H groups in total. The van der Waals surface area contributed by atoms with Crippen molar-refractivity contribution in [2.24, 2.45) is 0 Å². The van der Waals surface area contributed by atoms with Gasteiger partial charge in [-0.3, -0.25) is 19.9 Å². The van der Waals surface area contributed by atoms with E-state index >= 15 is 0 Å². The minimum Gasteiger partial charge on any atom is -0.355 e. The molecule has 0 unspecified atom stereocenters. The molecule has 7 aromatic rings. The van der Waals surface area contributed by atoms with Crippen molar-refractivity contribution in [3.05, 3.63) is 171 Å². The summed E-state index contributed by atoms with van der Waals surface area (Å²) >= 11 is 0. The molecule has 7 rings (SSSR count). The highest BCUT2D eigenvalue weighted by molar-refractivity contribution is 6.06. The number of benzene rings is 2. The lowest BCUT2D eigenvalue weighted by atomic mass is 10.2. The lowest BCUT2D eigenvalue weighted by molar-refractivity contribution is 1.33. The molecule has 5 nitrogen and oxygen atoms in total. The molecule has 0 radical (unpaired) electrons. The van der Waals surface area contributed by atoms with Crippen molar-refractivity contribution >= 4 is 21.8 Å². The Hall–Kier alpha value is -5.16. The summed E-state index contributed by atoms with van der Waals surface area (Å²) in [5, 5.41) is 2.61. The predicted molar refractivity (Wildman–Crippen MR) is 153 cm³/mol. The highest BCUT2D eigenvalue weighted by atomic mass is 14.7. The van der Waals surface area contributed by atoms with Crippen LogP contribution in [0.25, 0.3) is 21.8 Å². The molecule has 5 aromatic heterocycles. The Morgan fingerprint density at radius 2 is 0.568 bits per heavy atom. The SMILES string of the molecule is c1ccc2c(c1)[nH]c1ccccc12.c1ccncc1.c1ccncc1.c1ccncc1.c1ccncc1. The van der Waals surface area contributed by atoms with E-state index in [1.165, 1.54) is 21.8 Å². The standard InChI is InChI=1S/C12H9N.4C5H5N/c1-3-7-11-9(5-1)10-6-2-4-8-12(10)13-11;4*1-2-4-6-5-3-1/h1-8,13H;4*1-5H. The molecule has 0 aliphatic heterocycles. The summed E-state index contributed by atoms with van der Waals surface area (Å²) in [4.78, 5) is 18.5. The molecule has 5 heteroatoms. The first-order valence-electron chi connectivity index (χ1n) is 11.8. The van der Waals surface area contributed by atoms with Crippen molar-refractivity contribution in [3.63, 3.8) is 0 Å². The second kappa shape index (κ2) is 17.3. The zero-order chi connectivity index (χ0) is 25.6. The Morgan fingerprint density at radius 1 is 0.297 bits per heavy atom. The Morgan fingerprint density at radius 3 is 0.784 bits per heavy atom. The van der Waals surface area contributed by atoms with Crippen LogP contribution in [-0.4, -0.2) is 24.9 Å². The molecular weight excluding hydrogens is 454 g/mol. The molecule has 0 aliphatic carbocycles. The van der Waals surface area contributed by atoms with E-state index in [0.717, 1.165) is 0 Å². The van der Waals surface area contributed by atoms with E-state index in [1.807, 2.05) is 72.8 Å². The minimum atomic E-state index is 1.21. The van der Waals surface area contributed by atoms with Gasteiger partial charge >= 0.3 is 0 Å². The zero-order valence-corrected chi connectivity index (χ0v) is 20.5. The number of H-pyrrole nitrogens is 1. The molecule has 5 heterocycles. The maximum atomic E-state index is 3.78. The summed E-state index contributed by atoms with van der Waals surface area (Å²) in [6.45, 7) is 0. The molecule has 0 saturated carbocycles. The number of rotatable bonds is 0. The van der Waals surface area contributed by atoms with Crippen LogP contribution in [0.3, 0.4) is 0 Å². The Labute approximate surface area is 217 Å². The van der Waals surface area contributed by atoms with Gasteiger partial charge in [-0.05, 0) is 60.7 Å². The van der Waals surface area contributed by atoms with E-state index in [0.29, 0.717) is 0 Å². The van der Waals surface area contributed by atoms with E-state index in [2.05, 4.69) is 73.5 Å². The van der Waals surface area contributed by atoms with Crippen LogP contribution in [0, 0.1) is 0 Å². The van der Waals surface area contributed by atoms with Crippen LogP contribution in [0.2, 0.25) is 0 Å². The van der Waals surface area contributed by atoms with Gasteiger partial charge in [-0.25, -0.2) is 0 Å². The summed E-state index contributed by atoms with van der Waals surface area (Å²) < 4.78 is 0. The van der Waals surface area contributed by atoms with Gasteiger partial charge in [-0.15, -0.1) is 0 Å². The molecule has 2 aromatic carbocycles. The third kappa shape index (κ3) is 10.8. The van der Waals surface area contributed by atoms with Gasteiger partial charge in [-0.2, -0.15) is 0 Å². The summed E-state index contributed by atoms with van der Waals surface area (Å²) in [7, 11) is 0. The Bertz CT molecular complexity index is 1170. The van der Waals surface area contributed by atoms with Crippen LogP contribution in [-0.2, 0) is 0 Å². The number of pyridine rings is 4. The third-order valence-electron chi connectivity index (χ3n) is 4.68. The lowest BCUT2D eigenvalue weighted by Crippen LogP contribution is -1.62. The molecule has 0 saturated heterocycles. The average Bonchev–Trinajstić information content (AvgIpc) is 3.41. The topological polar surface area (TPSA) is 67.3 Å². The van der Waals surface area contributed by atoms with Crippen LogP contribution >= 0.6 is 0 Å². The molecule has 0 atom stereocenters. The van der Waals surface area contributed by atoms with E-state index in [9.17, 15) is 0 Å². The van der Waals surface area contributed by atoms with E-state index in [-0.39, 0.29) is 0 Å². The lowest BCUT2D eigenvalue weighted by Gasteiger charge is -1.87. The van der Waals surface area contributed by atoms with Gasteiger partial charge < -0.3 is 4.98 Å². The fraction of sp³-hybridized carbons (Fsp3) is 0. The number of nitrogens with zero attached hydrogens (tertiary/aromatic N) is 4. The fourth-order valence-electron chi connectivity index (χ4n) is 3.05. The number of hydrogen-bond donors (Lipinski definition) is 1. The van der Waals surface area contributed by atoms with Crippen molar-refractivity contribution in [2.45, 2.75) is 0 Å². The summed E-state index contributed by atoms with van der Waals surface area (Å²) in [6.07, 6.45) is 14.0. The van der Waals surface area contributed by atoms with Crippen LogP contribution < -0.4 is 0 Å². The number of aromatic nitrogens is 5. The second-order valence-electron chi connectivity index (χ2n) is 7.31.